The van der Waals surface area contributed by atoms with Crippen LogP contribution in [0.1, 0.15) is 0 Å². The molecule has 9 heteroatoms. The number of nitrogens with one attached hydrogen (secondary N) is 1. The van der Waals surface area contributed by atoms with Crippen LogP contribution in [0, 0.1) is 11.3 Å². The summed E-state index contributed by atoms with van der Waals surface area (Å²) in [6.07, 6.45) is 0.613. The van der Waals surface area contributed by atoms with Crippen LogP contribution in [0.15, 0.2) is 23.2 Å². The van der Waals surface area contributed by atoms with Crippen LogP contribution in [0.3, 0.4) is 0 Å². The lowest BCUT2D eigenvalue weighted by molar-refractivity contribution is 0.0311. The van der Waals surface area contributed by atoms with Crippen LogP contribution >= 0.6 is 0 Å². The number of anilines is 1. The van der Waals surface area contributed by atoms with Gasteiger partial charge in [0.2, 0.25) is 10.0 Å². The van der Waals surface area contributed by atoms with Crippen molar-refractivity contribution in [2.24, 2.45) is 5.84 Å². The monoisotopic (exact) mass is 283 g/mol. The Morgan fingerprint density at radius 1 is 1.63 bits per heavy atom. The molecule has 3 N–H and O–H groups in total. The first-order valence-electron chi connectivity index (χ1n) is 5.52. The van der Waals surface area contributed by atoms with Crippen molar-refractivity contribution in [2.75, 3.05) is 25.1 Å². The normalized spacial score (nSPS) is 20.7. The van der Waals surface area contributed by atoms with Gasteiger partial charge in [-0.05, 0) is 6.07 Å². The summed E-state index contributed by atoms with van der Waals surface area (Å²) in [6, 6.07) is 4.63. The van der Waals surface area contributed by atoms with E-state index in [1.807, 2.05) is 6.07 Å². The maximum absolute atomic E-state index is 12.4. The zero-order valence-electron chi connectivity index (χ0n) is 9.98. The topological polar surface area (TPSA) is 121 Å². The maximum atomic E-state index is 12.4. The molecule has 2 rings (SSSR count). The number of pyridine rings is 1. The van der Waals surface area contributed by atoms with E-state index in [1.54, 1.807) is 0 Å². The van der Waals surface area contributed by atoms with Crippen molar-refractivity contribution in [3.05, 3.63) is 18.3 Å². The van der Waals surface area contributed by atoms with Crippen molar-refractivity contribution in [1.29, 1.82) is 5.26 Å². The first-order valence-corrected chi connectivity index (χ1v) is 6.96. The molecule has 0 spiro atoms. The van der Waals surface area contributed by atoms with E-state index in [2.05, 4.69) is 10.4 Å². The second kappa shape index (κ2) is 5.50. The van der Waals surface area contributed by atoms with Crippen LogP contribution in [0.5, 0.6) is 0 Å². The van der Waals surface area contributed by atoms with E-state index in [9.17, 15) is 8.42 Å². The summed E-state index contributed by atoms with van der Waals surface area (Å²) in [6.45, 7) is 0.436. The summed E-state index contributed by atoms with van der Waals surface area (Å²) in [5.74, 6) is 5.46. The minimum Gasteiger partial charge on any atom is -0.361 e. The molecule has 0 bridgehead atoms. The molecule has 0 radical (unpaired) electrons. The van der Waals surface area contributed by atoms with Gasteiger partial charge in [0.25, 0.3) is 0 Å². The van der Waals surface area contributed by atoms with Gasteiger partial charge in [-0.15, -0.1) is 0 Å². The van der Waals surface area contributed by atoms with Crippen molar-refractivity contribution in [3.63, 3.8) is 0 Å². The molecule has 1 aliphatic heterocycles. The predicted octanol–water partition coefficient (Wildman–Crippen LogP) is -0.720. The van der Waals surface area contributed by atoms with E-state index in [0.29, 0.717) is 0 Å². The summed E-state index contributed by atoms with van der Waals surface area (Å²) in [4.78, 5) is 3.93. The number of nitriles is 1. The molecule has 0 saturated carbocycles. The SMILES string of the molecule is N#CC1CN(S(=O)(=O)c2ccnc(NN)c2)CCO1. The minimum absolute atomic E-state index is 0.0204. The Bertz CT molecular complexity index is 597. The molecule has 1 aromatic rings. The summed E-state index contributed by atoms with van der Waals surface area (Å²) in [5.41, 5.74) is 2.29. The molecule has 0 aliphatic carbocycles. The molecule has 2 heterocycles. The molecule has 19 heavy (non-hydrogen) atoms. The second-order valence-corrected chi connectivity index (χ2v) is 5.81. The number of sulfonamides is 1. The average molecular weight is 283 g/mol. The fourth-order valence-electron chi connectivity index (χ4n) is 1.72. The summed E-state index contributed by atoms with van der Waals surface area (Å²) in [7, 11) is -3.67. The molecule has 0 amide bonds. The summed E-state index contributed by atoms with van der Waals surface area (Å²) >= 11 is 0. The predicted molar refractivity (Wildman–Crippen MR) is 66.2 cm³/mol. The Balaban J connectivity index is 2.29. The summed E-state index contributed by atoms with van der Waals surface area (Å²) in [5, 5.41) is 8.79. The number of ether oxygens (including phenoxy) is 1. The van der Waals surface area contributed by atoms with Gasteiger partial charge in [-0.25, -0.2) is 19.2 Å². The highest BCUT2D eigenvalue weighted by atomic mass is 32.2. The lowest BCUT2D eigenvalue weighted by Crippen LogP contribution is -2.45. The first kappa shape index (κ1) is 13.7. The number of nitrogens with two attached hydrogens (primary N) is 1. The molecule has 1 unspecified atom stereocenters. The fraction of sp³-hybridized carbons (Fsp3) is 0.400. The number of hydrogen-bond acceptors (Lipinski definition) is 7. The molecule has 1 fully saturated rings. The highest BCUT2D eigenvalue weighted by Crippen LogP contribution is 2.19. The Hall–Kier alpha value is -1.73. The van der Waals surface area contributed by atoms with E-state index in [0.717, 1.165) is 0 Å². The number of morpholine rings is 1. The number of hydrogen-bond donors (Lipinski definition) is 2. The maximum Gasteiger partial charge on any atom is 0.243 e. The van der Waals surface area contributed by atoms with Crippen LogP contribution in [-0.4, -0.2) is 43.5 Å². The van der Waals surface area contributed by atoms with E-state index in [4.69, 9.17) is 15.8 Å². The van der Waals surface area contributed by atoms with E-state index < -0.39 is 16.1 Å². The van der Waals surface area contributed by atoms with Crippen LogP contribution in [0.2, 0.25) is 0 Å². The van der Waals surface area contributed by atoms with Crippen LogP contribution < -0.4 is 11.3 Å². The van der Waals surface area contributed by atoms with Gasteiger partial charge in [-0.1, -0.05) is 0 Å². The Labute approximate surface area is 110 Å². The highest BCUT2D eigenvalue weighted by Gasteiger charge is 2.30. The van der Waals surface area contributed by atoms with Crippen LogP contribution in [0.4, 0.5) is 5.82 Å². The average Bonchev–Trinajstić information content (AvgIpc) is 2.47. The highest BCUT2D eigenvalue weighted by molar-refractivity contribution is 7.89. The van der Waals surface area contributed by atoms with Crippen molar-refractivity contribution < 1.29 is 13.2 Å². The van der Waals surface area contributed by atoms with Gasteiger partial charge in [-0.2, -0.15) is 9.57 Å². The largest absolute Gasteiger partial charge is 0.361 e. The van der Waals surface area contributed by atoms with Gasteiger partial charge in [-0.3, -0.25) is 0 Å². The molecule has 1 aliphatic rings. The minimum atomic E-state index is -3.67. The number of aromatic nitrogens is 1. The van der Waals surface area contributed by atoms with E-state index >= 15 is 0 Å². The van der Waals surface area contributed by atoms with Crippen molar-refractivity contribution in [2.45, 2.75) is 11.0 Å². The Morgan fingerprint density at radius 3 is 3.11 bits per heavy atom. The van der Waals surface area contributed by atoms with Gasteiger partial charge < -0.3 is 10.2 Å². The number of nitrogens with zero attached hydrogens (tertiary/aromatic N) is 3. The number of nitrogen functional groups attached to an aromatic ring is 1. The molecule has 1 aromatic heterocycles. The molecule has 0 aromatic carbocycles. The fourth-order valence-corrected chi connectivity index (χ4v) is 3.16. The lowest BCUT2D eigenvalue weighted by atomic mass is 10.3. The van der Waals surface area contributed by atoms with Crippen molar-refractivity contribution in [3.8, 4) is 6.07 Å². The molecular weight excluding hydrogens is 270 g/mol. The van der Waals surface area contributed by atoms with Gasteiger partial charge in [0.1, 0.15) is 5.82 Å². The Morgan fingerprint density at radius 2 is 2.42 bits per heavy atom. The molecule has 1 atom stereocenters. The van der Waals surface area contributed by atoms with Crippen LogP contribution in [0.25, 0.3) is 0 Å². The lowest BCUT2D eigenvalue weighted by Gasteiger charge is -2.28. The first-order chi connectivity index (χ1) is 9.07. The molecule has 8 nitrogen and oxygen atoms in total. The van der Waals surface area contributed by atoms with Gasteiger partial charge in [0.05, 0.1) is 24.1 Å². The van der Waals surface area contributed by atoms with Crippen molar-refractivity contribution >= 4 is 15.8 Å². The Kier molecular flexibility index (Phi) is 3.96. The summed E-state index contributed by atoms with van der Waals surface area (Å²) < 4.78 is 31.1. The third-order valence-corrected chi connectivity index (χ3v) is 4.55. The van der Waals surface area contributed by atoms with Crippen LogP contribution in [-0.2, 0) is 14.8 Å². The smallest absolute Gasteiger partial charge is 0.243 e. The van der Waals surface area contributed by atoms with Gasteiger partial charge >= 0.3 is 0 Å². The van der Waals surface area contributed by atoms with E-state index in [-0.39, 0.29) is 30.4 Å². The second-order valence-electron chi connectivity index (χ2n) is 3.87. The van der Waals surface area contributed by atoms with Gasteiger partial charge in [0.15, 0.2) is 6.10 Å². The standard InChI is InChI=1S/C10H13N5O3S/c11-6-8-7-15(3-4-18-8)19(16,17)9-1-2-13-10(5-9)14-12/h1-2,5,8H,3-4,7,12H2,(H,13,14). The third kappa shape index (κ3) is 2.82. The zero-order valence-corrected chi connectivity index (χ0v) is 10.8. The molecular formula is C10H13N5O3S. The third-order valence-electron chi connectivity index (χ3n) is 2.69. The molecule has 1 saturated heterocycles. The van der Waals surface area contributed by atoms with Gasteiger partial charge in [0, 0.05) is 18.8 Å². The molecule has 102 valence electrons. The number of hydrazine groups is 1. The van der Waals surface area contributed by atoms with E-state index in [1.165, 1.54) is 22.6 Å². The quantitative estimate of drug-likeness (QED) is 0.554. The zero-order chi connectivity index (χ0) is 13.9. The number of rotatable bonds is 3. The van der Waals surface area contributed by atoms with Crippen molar-refractivity contribution in [1.82, 2.24) is 9.29 Å².